The summed E-state index contributed by atoms with van der Waals surface area (Å²) < 4.78 is 63.6. The van der Waals surface area contributed by atoms with E-state index in [9.17, 15) is 31.2 Å². The standard InChI is InChI=1S/C30H41ClN4O9S3/c1-29(2,3)44-28(38)35-14-12-30(20-35)11-6-13-34(19-30)21-7-5-8-22(17-21)47(41,42)33-23(27(37)43-15-16-46(4,39)40)18-32-26(36)24-9-10-25(31)45-24/h5,7-10,17,23,33H,6,11-16,18-20H2,1-4H3,(H,32,36)/t23-,30?/m0/s1. The molecule has 2 saturated heterocycles. The van der Waals surface area contributed by atoms with Crippen LogP contribution in [0.2, 0.25) is 4.34 Å². The predicted octanol–water partition coefficient (Wildman–Crippen LogP) is 3.29. The molecule has 0 saturated carbocycles. The molecule has 2 amide bonds. The number of piperidine rings is 1. The largest absolute Gasteiger partial charge is 0.463 e. The minimum Gasteiger partial charge on any atom is -0.463 e. The topological polar surface area (TPSA) is 168 Å². The lowest BCUT2D eigenvalue weighted by Gasteiger charge is -2.41. The number of carbonyl (C=O) groups is 3. The van der Waals surface area contributed by atoms with Gasteiger partial charge in [-0.1, -0.05) is 17.7 Å². The van der Waals surface area contributed by atoms with Crippen molar-refractivity contribution in [3.05, 3.63) is 45.6 Å². The van der Waals surface area contributed by atoms with Crippen LogP contribution in [0.5, 0.6) is 0 Å². The van der Waals surface area contributed by atoms with Crippen LogP contribution in [-0.4, -0.2) is 103 Å². The van der Waals surface area contributed by atoms with E-state index in [1.165, 1.54) is 24.3 Å². The van der Waals surface area contributed by atoms with Crippen molar-refractivity contribution in [2.24, 2.45) is 5.41 Å². The summed E-state index contributed by atoms with van der Waals surface area (Å²) in [5.41, 5.74) is -0.0899. The van der Waals surface area contributed by atoms with Crippen molar-refractivity contribution in [3.63, 3.8) is 0 Å². The number of carbonyl (C=O) groups excluding carboxylic acids is 3. The molecule has 2 fully saturated rings. The summed E-state index contributed by atoms with van der Waals surface area (Å²) in [5, 5.41) is 2.51. The highest BCUT2D eigenvalue weighted by Crippen LogP contribution is 2.41. The molecule has 17 heteroatoms. The number of esters is 1. The zero-order valence-electron chi connectivity index (χ0n) is 26.8. The van der Waals surface area contributed by atoms with Gasteiger partial charge in [0.1, 0.15) is 18.2 Å². The molecule has 260 valence electrons. The molecule has 1 unspecified atom stereocenters. The normalized spacial score (nSPS) is 19.4. The first-order chi connectivity index (χ1) is 21.8. The second kappa shape index (κ2) is 14.7. The van der Waals surface area contributed by atoms with Crippen LogP contribution in [0.15, 0.2) is 41.3 Å². The van der Waals surface area contributed by atoms with Crippen molar-refractivity contribution >= 4 is 66.5 Å². The number of sulfone groups is 1. The number of rotatable bonds is 11. The first-order valence-electron chi connectivity index (χ1n) is 15.1. The Hall–Kier alpha value is -2.92. The van der Waals surface area contributed by atoms with Gasteiger partial charge in [-0.05, 0) is 70.4 Å². The quantitative estimate of drug-likeness (QED) is 0.327. The van der Waals surface area contributed by atoms with Gasteiger partial charge < -0.3 is 24.6 Å². The molecule has 2 N–H and O–H groups in total. The second-order valence-corrected chi connectivity index (χ2v) is 18.6. The minimum absolute atomic E-state index is 0.110. The van der Waals surface area contributed by atoms with E-state index in [2.05, 4.69) is 14.9 Å². The maximum atomic E-state index is 13.6. The van der Waals surface area contributed by atoms with Gasteiger partial charge in [0.05, 0.1) is 19.9 Å². The van der Waals surface area contributed by atoms with E-state index >= 15 is 0 Å². The molecule has 1 aromatic heterocycles. The smallest absolute Gasteiger partial charge is 0.410 e. The summed E-state index contributed by atoms with van der Waals surface area (Å²) in [6.45, 7) is 6.99. The molecular weight excluding hydrogens is 692 g/mol. The van der Waals surface area contributed by atoms with E-state index in [1.807, 2.05) is 26.8 Å². The number of nitrogens with zero attached hydrogens (tertiary/aromatic N) is 2. The highest BCUT2D eigenvalue weighted by Gasteiger charge is 2.44. The van der Waals surface area contributed by atoms with Gasteiger partial charge in [0.15, 0.2) is 9.84 Å². The average Bonchev–Trinajstić information content (AvgIpc) is 3.60. The van der Waals surface area contributed by atoms with Gasteiger partial charge in [-0.2, -0.15) is 4.72 Å². The SMILES string of the molecule is CC(C)(C)OC(=O)N1CCC2(CCCN(c3cccc(S(=O)(=O)N[C@@H](CNC(=O)c4ccc(Cl)s4)C(=O)OCCS(C)(=O)=O)c3)C2)C1. The van der Waals surface area contributed by atoms with Crippen molar-refractivity contribution in [2.75, 3.05) is 56.2 Å². The van der Waals surface area contributed by atoms with Gasteiger partial charge in [0, 0.05) is 50.1 Å². The van der Waals surface area contributed by atoms with Crippen molar-refractivity contribution in [3.8, 4) is 0 Å². The summed E-state index contributed by atoms with van der Waals surface area (Å²) in [4.78, 5) is 42.3. The van der Waals surface area contributed by atoms with Crippen molar-refractivity contribution in [1.82, 2.24) is 14.9 Å². The zero-order valence-corrected chi connectivity index (χ0v) is 30.0. The predicted molar refractivity (Wildman–Crippen MR) is 179 cm³/mol. The number of nitrogens with one attached hydrogen (secondary N) is 2. The minimum atomic E-state index is -4.33. The van der Waals surface area contributed by atoms with E-state index < -0.39 is 62.3 Å². The first-order valence-corrected chi connectivity index (χ1v) is 19.8. The Kier molecular flexibility index (Phi) is 11.5. The van der Waals surface area contributed by atoms with Gasteiger partial charge in [-0.3, -0.25) is 9.59 Å². The Labute approximate surface area is 284 Å². The van der Waals surface area contributed by atoms with E-state index in [1.54, 1.807) is 11.0 Å². The van der Waals surface area contributed by atoms with Gasteiger partial charge in [0.25, 0.3) is 5.91 Å². The van der Waals surface area contributed by atoms with Crippen LogP contribution in [0.25, 0.3) is 0 Å². The number of likely N-dealkylation sites (tertiary alicyclic amines) is 1. The highest BCUT2D eigenvalue weighted by molar-refractivity contribution is 7.90. The second-order valence-electron chi connectivity index (χ2n) is 13.0. The molecule has 3 heterocycles. The number of ether oxygens (including phenoxy) is 2. The maximum absolute atomic E-state index is 13.6. The number of hydrogen-bond donors (Lipinski definition) is 2. The van der Waals surface area contributed by atoms with Crippen molar-refractivity contribution in [1.29, 1.82) is 0 Å². The molecule has 47 heavy (non-hydrogen) atoms. The Balaban J connectivity index is 1.47. The number of hydrogen-bond acceptors (Lipinski definition) is 11. The van der Waals surface area contributed by atoms with Crippen LogP contribution in [0.1, 0.15) is 49.7 Å². The van der Waals surface area contributed by atoms with Crippen LogP contribution in [0.4, 0.5) is 10.5 Å². The number of benzene rings is 1. The monoisotopic (exact) mass is 732 g/mol. The van der Waals surface area contributed by atoms with Crippen molar-refractivity contribution < 1.29 is 40.7 Å². The molecule has 1 aromatic carbocycles. The molecule has 2 aliphatic heterocycles. The molecule has 0 radical (unpaired) electrons. The van der Waals surface area contributed by atoms with E-state index in [0.29, 0.717) is 36.2 Å². The molecule has 2 aliphatic rings. The van der Waals surface area contributed by atoms with Crippen LogP contribution >= 0.6 is 22.9 Å². The fourth-order valence-electron chi connectivity index (χ4n) is 5.57. The van der Waals surface area contributed by atoms with E-state index in [-0.39, 0.29) is 21.3 Å². The number of thiophene rings is 1. The Morgan fingerprint density at radius 1 is 1.06 bits per heavy atom. The van der Waals surface area contributed by atoms with Gasteiger partial charge in [0.2, 0.25) is 10.0 Å². The number of amides is 2. The molecule has 0 bridgehead atoms. The molecule has 1 spiro atoms. The summed E-state index contributed by atoms with van der Waals surface area (Å²) in [5.74, 6) is -2.08. The third kappa shape index (κ3) is 10.5. The summed E-state index contributed by atoms with van der Waals surface area (Å²) >= 11 is 6.92. The average molecular weight is 733 g/mol. The third-order valence-corrected chi connectivity index (χ3v) is 11.4. The highest BCUT2D eigenvalue weighted by atomic mass is 35.5. The van der Waals surface area contributed by atoms with Gasteiger partial charge >= 0.3 is 12.1 Å². The Bertz CT molecular complexity index is 1690. The number of halogens is 1. The van der Waals surface area contributed by atoms with Crippen LogP contribution in [0, 0.1) is 5.41 Å². The fraction of sp³-hybridized carbons (Fsp3) is 0.567. The van der Waals surface area contributed by atoms with Crippen LogP contribution < -0.4 is 14.9 Å². The van der Waals surface area contributed by atoms with E-state index in [0.717, 1.165) is 36.9 Å². The lowest BCUT2D eigenvalue weighted by molar-refractivity contribution is -0.144. The molecule has 4 rings (SSSR count). The third-order valence-electron chi connectivity index (χ3n) is 7.79. The zero-order chi connectivity index (χ0) is 34.6. The van der Waals surface area contributed by atoms with E-state index in [4.69, 9.17) is 21.1 Å². The number of sulfonamides is 1. The molecule has 13 nitrogen and oxygen atoms in total. The maximum Gasteiger partial charge on any atom is 0.410 e. The summed E-state index contributed by atoms with van der Waals surface area (Å²) in [6, 6.07) is 7.78. The summed E-state index contributed by atoms with van der Waals surface area (Å²) in [6.07, 6.45) is 3.22. The summed E-state index contributed by atoms with van der Waals surface area (Å²) in [7, 11) is -7.78. The Morgan fingerprint density at radius 3 is 2.47 bits per heavy atom. The Morgan fingerprint density at radius 2 is 1.81 bits per heavy atom. The molecule has 0 aliphatic carbocycles. The van der Waals surface area contributed by atoms with Gasteiger partial charge in [-0.25, -0.2) is 21.6 Å². The van der Waals surface area contributed by atoms with Crippen molar-refractivity contribution in [2.45, 2.75) is 56.6 Å². The number of anilines is 1. The first kappa shape index (κ1) is 36.9. The fourth-order valence-corrected chi connectivity index (χ4v) is 8.14. The lowest BCUT2D eigenvalue weighted by atomic mass is 9.79. The van der Waals surface area contributed by atoms with Crippen LogP contribution in [-0.2, 0) is 34.1 Å². The molecule has 2 atom stereocenters. The van der Waals surface area contributed by atoms with Gasteiger partial charge in [-0.15, -0.1) is 11.3 Å². The van der Waals surface area contributed by atoms with Crippen LogP contribution in [0.3, 0.4) is 0 Å². The molecular formula is C30H41ClN4O9S3. The lowest BCUT2D eigenvalue weighted by Crippen LogP contribution is -2.49. The molecule has 2 aromatic rings.